The van der Waals surface area contributed by atoms with Crippen molar-refractivity contribution in [2.24, 2.45) is 0 Å². The lowest BCUT2D eigenvalue weighted by Crippen LogP contribution is -2.45. The van der Waals surface area contributed by atoms with E-state index in [2.05, 4.69) is 10.0 Å². The minimum Gasteiger partial charge on any atom is -0.382 e. The van der Waals surface area contributed by atoms with E-state index in [1.807, 2.05) is 6.92 Å². The van der Waals surface area contributed by atoms with Gasteiger partial charge in [-0.1, -0.05) is 18.2 Å². The number of rotatable bonds is 9. The average Bonchev–Trinajstić information content (AvgIpc) is 2.47. The number of benzene rings is 1. The third-order valence-electron chi connectivity index (χ3n) is 2.75. The maximum absolute atomic E-state index is 12.1. The molecule has 0 radical (unpaired) electrons. The fourth-order valence-electron chi connectivity index (χ4n) is 1.64. The van der Waals surface area contributed by atoms with Crippen LogP contribution in [0.2, 0.25) is 0 Å². The van der Waals surface area contributed by atoms with Gasteiger partial charge in [0, 0.05) is 19.8 Å². The van der Waals surface area contributed by atoms with E-state index in [0.29, 0.717) is 26.2 Å². The maximum Gasteiger partial charge on any atom is 0.241 e. The number of hydrogen-bond donors (Lipinski definition) is 2. The number of amides is 1. The van der Waals surface area contributed by atoms with Crippen LogP contribution in [0.5, 0.6) is 0 Å². The maximum atomic E-state index is 12.1. The molecule has 0 bridgehead atoms. The summed E-state index contributed by atoms with van der Waals surface area (Å²) in [4.78, 5) is 11.9. The van der Waals surface area contributed by atoms with Crippen molar-refractivity contribution in [2.75, 3.05) is 19.8 Å². The van der Waals surface area contributed by atoms with Crippen LogP contribution in [0.3, 0.4) is 0 Å². The van der Waals surface area contributed by atoms with Crippen LogP contribution in [0.4, 0.5) is 0 Å². The van der Waals surface area contributed by atoms with Crippen molar-refractivity contribution >= 4 is 15.9 Å². The Balaban J connectivity index is 2.45. The summed E-state index contributed by atoms with van der Waals surface area (Å²) in [5, 5.41) is 2.67. The van der Waals surface area contributed by atoms with Gasteiger partial charge in [-0.2, -0.15) is 4.72 Å². The minimum absolute atomic E-state index is 0.140. The highest BCUT2D eigenvalue weighted by Crippen LogP contribution is 2.07. The lowest BCUT2D eigenvalue weighted by atomic mass is 10.3. The van der Waals surface area contributed by atoms with Crippen molar-refractivity contribution in [1.82, 2.24) is 10.0 Å². The zero-order chi connectivity index (χ0) is 15.7. The standard InChI is InChI=1S/C14H22N2O4S/c1-3-20-11-7-10-15-14(17)12(2)16-21(18,19)13-8-5-4-6-9-13/h4-6,8-9,12,16H,3,7,10-11H2,1-2H3,(H,15,17)/t12-/m0/s1. The van der Waals surface area contributed by atoms with Gasteiger partial charge >= 0.3 is 0 Å². The van der Waals surface area contributed by atoms with E-state index in [0.717, 1.165) is 0 Å². The molecule has 118 valence electrons. The second-order valence-corrected chi connectivity index (χ2v) is 6.21. The highest BCUT2D eigenvalue weighted by atomic mass is 32.2. The van der Waals surface area contributed by atoms with Gasteiger partial charge in [0.15, 0.2) is 0 Å². The summed E-state index contributed by atoms with van der Waals surface area (Å²) < 4.78 is 31.6. The monoisotopic (exact) mass is 314 g/mol. The molecule has 1 amide bonds. The normalized spacial score (nSPS) is 12.9. The van der Waals surface area contributed by atoms with Crippen LogP contribution in [0.25, 0.3) is 0 Å². The predicted molar refractivity (Wildman–Crippen MR) is 80.3 cm³/mol. The van der Waals surface area contributed by atoms with Crippen molar-refractivity contribution < 1.29 is 17.9 Å². The molecule has 6 nitrogen and oxygen atoms in total. The van der Waals surface area contributed by atoms with Crippen LogP contribution in [0.15, 0.2) is 35.2 Å². The van der Waals surface area contributed by atoms with E-state index in [-0.39, 0.29) is 10.8 Å². The molecule has 1 rings (SSSR count). The van der Waals surface area contributed by atoms with Gasteiger partial charge < -0.3 is 10.1 Å². The summed E-state index contributed by atoms with van der Waals surface area (Å²) in [6, 6.07) is 7.12. The first-order chi connectivity index (χ1) is 9.97. The summed E-state index contributed by atoms with van der Waals surface area (Å²) >= 11 is 0. The van der Waals surface area contributed by atoms with E-state index in [1.54, 1.807) is 18.2 Å². The molecule has 0 aliphatic heterocycles. The molecule has 0 aliphatic carbocycles. The van der Waals surface area contributed by atoms with Crippen LogP contribution in [-0.2, 0) is 19.6 Å². The molecule has 1 aromatic carbocycles. The smallest absolute Gasteiger partial charge is 0.241 e. The second kappa shape index (κ2) is 8.76. The summed E-state index contributed by atoms with van der Waals surface area (Å²) in [5.74, 6) is -0.356. The van der Waals surface area contributed by atoms with Crippen molar-refractivity contribution in [3.05, 3.63) is 30.3 Å². The lowest BCUT2D eigenvalue weighted by Gasteiger charge is -2.14. The molecule has 1 atom stereocenters. The van der Waals surface area contributed by atoms with Crippen LogP contribution < -0.4 is 10.0 Å². The zero-order valence-corrected chi connectivity index (χ0v) is 13.2. The van der Waals surface area contributed by atoms with Gasteiger partial charge in [-0.05, 0) is 32.4 Å². The second-order valence-electron chi connectivity index (χ2n) is 4.50. The molecule has 0 saturated heterocycles. The fourth-order valence-corrected chi connectivity index (χ4v) is 2.86. The quantitative estimate of drug-likeness (QED) is 0.663. The molecule has 0 spiro atoms. The Morgan fingerprint density at radius 1 is 1.29 bits per heavy atom. The van der Waals surface area contributed by atoms with E-state index in [1.165, 1.54) is 19.1 Å². The summed E-state index contributed by atoms with van der Waals surface area (Å²) in [6.45, 7) is 5.08. The van der Waals surface area contributed by atoms with Gasteiger partial charge in [0.2, 0.25) is 15.9 Å². The van der Waals surface area contributed by atoms with Gasteiger partial charge in [-0.3, -0.25) is 4.79 Å². The van der Waals surface area contributed by atoms with Crippen LogP contribution in [0, 0.1) is 0 Å². The first kappa shape index (κ1) is 17.6. The zero-order valence-electron chi connectivity index (χ0n) is 12.3. The van der Waals surface area contributed by atoms with Crippen molar-refractivity contribution in [3.8, 4) is 0 Å². The van der Waals surface area contributed by atoms with Crippen LogP contribution >= 0.6 is 0 Å². The first-order valence-electron chi connectivity index (χ1n) is 6.90. The topological polar surface area (TPSA) is 84.5 Å². The number of nitrogens with one attached hydrogen (secondary N) is 2. The van der Waals surface area contributed by atoms with E-state index < -0.39 is 16.1 Å². The summed E-state index contributed by atoms with van der Waals surface area (Å²) in [6.07, 6.45) is 0.692. The Labute approximate surface area is 125 Å². The lowest BCUT2D eigenvalue weighted by molar-refractivity contribution is -0.122. The number of hydrogen-bond acceptors (Lipinski definition) is 4. The predicted octanol–water partition coefficient (Wildman–Crippen LogP) is 0.896. The molecule has 0 heterocycles. The minimum atomic E-state index is -3.68. The van der Waals surface area contributed by atoms with E-state index in [4.69, 9.17) is 4.74 Å². The van der Waals surface area contributed by atoms with E-state index >= 15 is 0 Å². The van der Waals surface area contributed by atoms with E-state index in [9.17, 15) is 13.2 Å². The molecule has 0 aliphatic rings. The van der Waals surface area contributed by atoms with Crippen molar-refractivity contribution in [3.63, 3.8) is 0 Å². The molecule has 7 heteroatoms. The van der Waals surface area contributed by atoms with Gasteiger partial charge in [0.05, 0.1) is 10.9 Å². The van der Waals surface area contributed by atoms with Gasteiger partial charge in [0.25, 0.3) is 0 Å². The fraction of sp³-hybridized carbons (Fsp3) is 0.500. The largest absolute Gasteiger partial charge is 0.382 e. The number of sulfonamides is 1. The number of carbonyl (C=O) groups excluding carboxylic acids is 1. The van der Waals surface area contributed by atoms with Gasteiger partial charge in [-0.15, -0.1) is 0 Å². The number of ether oxygens (including phenoxy) is 1. The van der Waals surface area contributed by atoms with Gasteiger partial charge in [0.1, 0.15) is 0 Å². The SMILES string of the molecule is CCOCCCNC(=O)[C@H](C)NS(=O)(=O)c1ccccc1. The van der Waals surface area contributed by atoms with Crippen LogP contribution in [-0.4, -0.2) is 40.1 Å². The molecule has 1 aromatic rings. The Morgan fingerprint density at radius 3 is 2.57 bits per heavy atom. The Morgan fingerprint density at radius 2 is 1.95 bits per heavy atom. The highest BCUT2D eigenvalue weighted by Gasteiger charge is 2.21. The van der Waals surface area contributed by atoms with Crippen LogP contribution in [0.1, 0.15) is 20.3 Å². The molecule has 0 aromatic heterocycles. The number of carbonyl (C=O) groups is 1. The first-order valence-corrected chi connectivity index (χ1v) is 8.38. The molecular weight excluding hydrogens is 292 g/mol. The average molecular weight is 314 g/mol. The third kappa shape index (κ3) is 6.24. The Bertz CT molecular complexity index is 531. The molecular formula is C14H22N2O4S. The molecule has 0 saturated carbocycles. The third-order valence-corrected chi connectivity index (χ3v) is 4.30. The Kier molecular flexibility index (Phi) is 7.35. The molecule has 21 heavy (non-hydrogen) atoms. The summed E-state index contributed by atoms with van der Waals surface area (Å²) in [5.41, 5.74) is 0. The van der Waals surface area contributed by atoms with Gasteiger partial charge in [-0.25, -0.2) is 8.42 Å². The molecule has 0 unspecified atom stereocenters. The molecule has 2 N–H and O–H groups in total. The Hall–Kier alpha value is -1.44. The van der Waals surface area contributed by atoms with Crippen molar-refractivity contribution in [1.29, 1.82) is 0 Å². The highest BCUT2D eigenvalue weighted by molar-refractivity contribution is 7.89. The molecule has 0 fully saturated rings. The summed E-state index contributed by atoms with van der Waals surface area (Å²) in [7, 11) is -3.68. The van der Waals surface area contributed by atoms with Crippen molar-refractivity contribution in [2.45, 2.75) is 31.2 Å².